The van der Waals surface area contributed by atoms with Gasteiger partial charge in [-0.3, -0.25) is 9.59 Å². The largest absolute Gasteiger partial charge is 0.350 e. The molecule has 4 nitrogen and oxygen atoms in total. The van der Waals surface area contributed by atoms with Crippen molar-refractivity contribution in [3.05, 3.63) is 29.3 Å². The van der Waals surface area contributed by atoms with Crippen molar-refractivity contribution in [2.24, 2.45) is 0 Å². The van der Waals surface area contributed by atoms with Crippen molar-refractivity contribution in [1.82, 2.24) is 10.2 Å². The summed E-state index contributed by atoms with van der Waals surface area (Å²) in [5.74, 6) is -0.187. The summed E-state index contributed by atoms with van der Waals surface area (Å²) in [6.45, 7) is 10.1. The molecule has 0 bridgehead atoms. The monoisotopic (exact) mass is 356 g/mol. The van der Waals surface area contributed by atoms with Crippen LogP contribution in [0.25, 0.3) is 0 Å². The summed E-state index contributed by atoms with van der Waals surface area (Å²) in [6, 6.07) is 7.38. The van der Waals surface area contributed by atoms with Crippen molar-refractivity contribution in [3.8, 4) is 0 Å². The van der Waals surface area contributed by atoms with Crippen LogP contribution in [0.4, 0.5) is 0 Å². The molecular weight excluding hydrogens is 332 g/mol. The molecule has 0 aliphatic rings. The zero-order valence-electron chi connectivity index (χ0n) is 14.4. The normalized spacial score (nSPS) is 12.6. The van der Waals surface area contributed by atoms with Crippen molar-refractivity contribution >= 4 is 35.2 Å². The molecule has 0 aliphatic carbocycles. The number of rotatable bonds is 6. The minimum Gasteiger partial charge on any atom is -0.350 e. The van der Waals surface area contributed by atoms with Crippen LogP contribution >= 0.6 is 23.4 Å². The Hall–Kier alpha value is -1.20. The first kappa shape index (κ1) is 19.8. The van der Waals surface area contributed by atoms with E-state index in [0.29, 0.717) is 11.6 Å². The zero-order valence-corrected chi connectivity index (χ0v) is 15.9. The molecule has 1 N–H and O–H groups in total. The first-order valence-corrected chi connectivity index (χ1v) is 8.90. The maximum Gasteiger partial charge on any atom is 0.240 e. The standard InChI is InChI=1S/C17H25ClN2O2S/c1-6-20(11-15(21)19-17(3,4)5)16(22)12(2)23-14-9-7-13(18)8-10-14/h7-10,12H,6,11H2,1-5H3,(H,19,21). The Morgan fingerprint density at radius 1 is 1.26 bits per heavy atom. The summed E-state index contributed by atoms with van der Waals surface area (Å²) in [5, 5.41) is 3.28. The molecule has 1 aromatic rings. The van der Waals surface area contributed by atoms with E-state index in [2.05, 4.69) is 5.32 Å². The lowest BCUT2D eigenvalue weighted by Crippen LogP contribution is -2.48. The average molecular weight is 357 g/mol. The van der Waals surface area contributed by atoms with E-state index >= 15 is 0 Å². The summed E-state index contributed by atoms with van der Waals surface area (Å²) in [7, 11) is 0. The Labute approximate surface area is 148 Å². The maximum absolute atomic E-state index is 12.5. The van der Waals surface area contributed by atoms with Crippen LogP contribution in [-0.2, 0) is 9.59 Å². The van der Waals surface area contributed by atoms with Gasteiger partial charge < -0.3 is 10.2 Å². The number of nitrogens with zero attached hydrogens (tertiary/aromatic N) is 1. The number of halogens is 1. The summed E-state index contributed by atoms with van der Waals surface area (Å²) >= 11 is 7.33. The Kier molecular flexibility index (Phi) is 7.42. The first-order chi connectivity index (χ1) is 10.6. The molecule has 2 amide bonds. The summed E-state index contributed by atoms with van der Waals surface area (Å²) in [5.41, 5.74) is -0.302. The van der Waals surface area contributed by atoms with Crippen molar-refractivity contribution in [2.75, 3.05) is 13.1 Å². The lowest BCUT2D eigenvalue weighted by atomic mass is 10.1. The van der Waals surface area contributed by atoms with Gasteiger partial charge in [-0.15, -0.1) is 11.8 Å². The van der Waals surface area contributed by atoms with Gasteiger partial charge in [0.25, 0.3) is 0 Å². The second kappa shape index (κ2) is 8.60. The minimum absolute atomic E-state index is 0.0449. The lowest BCUT2D eigenvalue weighted by molar-refractivity contribution is -0.135. The molecule has 6 heteroatoms. The highest BCUT2D eigenvalue weighted by atomic mass is 35.5. The number of amides is 2. The molecule has 128 valence electrons. The highest BCUT2D eigenvalue weighted by Gasteiger charge is 2.23. The second-order valence-electron chi connectivity index (χ2n) is 6.36. The SMILES string of the molecule is CCN(CC(=O)NC(C)(C)C)C(=O)C(C)Sc1ccc(Cl)cc1. The zero-order chi connectivity index (χ0) is 17.6. The van der Waals surface area contributed by atoms with Crippen LogP contribution in [0.5, 0.6) is 0 Å². The van der Waals surface area contributed by atoms with E-state index in [1.165, 1.54) is 11.8 Å². The molecule has 0 aliphatic heterocycles. The molecule has 0 heterocycles. The quantitative estimate of drug-likeness (QED) is 0.792. The molecule has 1 unspecified atom stereocenters. The molecule has 0 saturated heterocycles. The topological polar surface area (TPSA) is 49.4 Å². The van der Waals surface area contributed by atoms with Crippen molar-refractivity contribution in [2.45, 2.75) is 50.3 Å². The third-order valence-corrected chi connectivity index (χ3v) is 4.37. The number of thioether (sulfide) groups is 1. The van der Waals surface area contributed by atoms with E-state index in [4.69, 9.17) is 11.6 Å². The van der Waals surface area contributed by atoms with Crippen LogP contribution in [0.3, 0.4) is 0 Å². The van der Waals surface area contributed by atoms with Crippen LogP contribution in [0.15, 0.2) is 29.2 Å². The van der Waals surface area contributed by atoms with E-state index in [9.17, 15) is 9.59 Å². The van der Waals surface area contributed by atoms with E-state index in [1.54, 1.807) is 17.0 Å². The summed E-state index contributed by atoms with van der Waals surface area (Å²) < 4.78 is 0. The third kappa shape index (κ3) is 7.27. The molecule has 23 heavy (non-hydrogen) atoms. The Morgan fingerprint density at radius 3 is 2.30 bits per heavy atom. The fourth-order valence-electron chi connectivity index (χ4n) is 2.00. The Morgan fingerprint density at radius 2 is 1.83 bits per heavy atom. The van der Waals surface area contributed by atoms with E-state index in [0.717, 1.165) is 4.90 Å². The van der Waals surface area contributed by atoms with E-state index in [1.807, 2.05) is 46.8 Å². The van der Waals surface area contributed by atoms with Crippen LogP contribution in [-0.4, -0.2) is 40.6 Å². The predicted octanol–water partition coefficient (Wildman–Crippen LogP) is 3.58. The van der Waals surface area contributed by atoms with Gasteiger partial charge in [0.2, 0.25) is 11.8 Å². The Bertz CT molecular complexity index is 541. The molecule has 1 rings (SSSR count). The number of hydrogen-bond donors (Lipinski definition) is 1. The average Bonchev–Trinajstić information content (AvgIpc) is 2.44. The molecule has 0 saturated carbocycles. The summed E-state index contributed by atoms with van der Waals surface area (Å²) in [4.78, 5) is 27.1. The lowest BCUT2D eigenvalue weighted by Gasteiger charge is -2.26. The Balaban J connectivity index is 2.64. The van der Waals surface area contributed by atoms with Gasteiger partial charge in [0, 0.05) is 22.0 Å². The molecule has 0 fully saturated rings. The van der Waals surface area contributed by atoms with E-state index in [-0.39, 0.29) is 29.1 Å². The van der Waals surface area contributed by atoms with Crippen molar-refractivity contribution in [3.63, 3.8) is 0 Å². The summed E-state index contributed by atoms with van der Waals surface area (Å²) in [6.07, 6.45) is 0. The fraction of sp³-hybridized carbons (Fsp3) is 0.529. The highest BCUT2D eigenvalue weighted by Crippen LogP contribution is 2.25. The van der Waals surface area contributed by atoms with Gasteiger partial charge in [0.15, 0.2) is 0 Å². The van der Waals surface area contributed by atoms with Gasteiger partial charge in [-0.1, -0.05) is 11.6 Å². The number of nitrogens with one attached hydrogen (secondary N) is 1. The minimum atomic E-state index is -0.302. The van der Waals surface area contributed by atoms with Gasteiger partial charge in [-0.25, -0.2) is 0 Å². The number of benzene rings is 1. The molecule has 1 aromatic carbocycles. The number of hydrogen-bond acceptors (Lipinski definition) is 3. The number of carbonyl (C=O) groups is 2. The fourth-order valence-corrected chi connectivity index (χ4v) is 3.08. The van der Waals surface area contributed by atoms with Crippen LogP contribution < -0.4 is 5.32 Å². The molecular formula is C17H25ClN2O2S. The third-order valence-electron chi connectivity index (χ3n) is 3.02. The number of likely N-dealkylation sites (N-methyl/N-ethyl adjacent to an activating group) is 1. The van der Waals surface area contributed by atoms with Crippen LogP contribution in [0, 0.1) is 0 Å². The van der Waals surface area contributed by atoms with Gasteiger partial charge in [-0.2, -0.15) is 0 Å². The maximum atomic E-state index is 12.5. The highest BCUT2D eigenvalue weighted by molar-refractivity contribution is 8.00. The van der Waals surface area contributed by atoms with Gasteiger partial charge >= 0.3 is 0 Å². The molecule has 0 radical (unpaired) electrons. The van der Waals surface area contributed by atoms with E-state index < -0.39 is 0 Å². The van der Waals surface area contributed by atoms with Crippen molar-refractivity contribution < 1.29 is 9.59 Å². The smallest absolute Gasteiger partial charge is 0.240 e. The molecule has 0 spiro atoms. The van der Waals surface area contributed by atoms with Crippen LogP contribution in [0.1, 0.15) is 34.6 Å². The molecule has 0 aromatic heterocycles. The van der Waals surface area contributed by atoms with Gasteiger partial charge in [-0.05, 0) is 58.9 Å². The van der Waals surface area contributed by atoms with Gasteiger partial charge in [0.05, 0.1) is 11.8 Å². The number of carbonyl (C=O) groups excluding carboxylic acids is 2. The predicted molar refractivity (Wildman–Crippen MR) is 96.9 cm³/mol. The molecule has 1 atom stereocenters. The van der Waals surface area contributed by atoms with Crippen LogP contribution in [0.2, 0.25) is 5.02 Å². The second-order valence-corrected chi connectivity index (χ2v) is 8.22. The first-order valence-electron chi connectivity index (χ1n) is 7.64. The van der Waals surface area contributed by atoms with Crippen molar-refractivity contribution in [1.29, 1.82) is 0 Å². The van der Waals surface area contributed by atoms with Gasteiger partial charge in [0.1, 0.15) is 0 Å².